The maximum atomic E-state index is 11.8. The molecule has 0 unspecified atom stereocenters. The number of nitrogens with zero attached hydrogens (tertiary/aromatic N) is 4. The van der Waals surface area contributed by atoms with Crippen LogP contribution in [0.15, 0.2) is 16.1 Å². The van der Waals surface area contributed by atoms with E-state index in [1.165, 1.54) is 11.3 Å². The zero-order chi connectivity index (χ0) is 15.5. The smallest absolute Gasteiger partial charge is 0.280 e. The number of nitrogens with one attached hydrogen (secondary N) is 1. The Balaban J connectivity index is 1.62. The average molecular weight is 321 g/mol. The van der Waals surface area contributed by atoms with E-state index in [0.717, 1.165) is 0 Å². The minimum Gasteiger partial charge on any atom is -0.343 e. The van der Waals surface area contributed by atoms with E-state index in [4.69, 9.17) is 4.52 Å². The number of rotatable bonds is 5. The lowest BCUT2D eigenvalue weighted by Gasteiger charge is -2.19. The van der Waals surface area contributed by atoms with E-state index < -0.39 is 0 Å². The van der Waals surface area contributed by atoms with Crippen molar-refractivity contribution in [3.63, 3.8) is 0 Å². The Kier molecular flexibility index (Phi) is 4.14. The van der Waals surface area contributed by atoms with Gasteiger partial charge in [-0.25, -0.2) is 4.98 Å². The van der Waals surface area contributed by atoms with Gasteiger partial charge in [-0.2, -0.15) is 4.98 Å². The maximum absolute atomic E-state index is 11.8. The largest absolute Gasteiger partial charge is 0.343 e. The number of carbonyl (C=O) groups is 2. The molecule has 1 aliphatic rings. The topological polar surface area (TPSA) is 101 Å². The van der Waals surface area contributed by atoms with E-state index in [-0.39, 0.29) is 24.4 Å². The highest BCUT2D eigenvalue weighted by atomic mass is 32.1. The van der Waals surface area contributed by atoms with E-state index in [9.17, 15) is 9.59 Å². The molecule has 0 spiro atoms. The van der Waals surface area contributed by atoms with Crippen LogP contribution in [0.2, 0.25) is 0 Å². The van der Waals surface area contributed by atoms with Crippen molar-refractivity contribution in [1.29, 1.82) is 0 Å². The van der Waals surface area contributed by atoms with Crippen LogP contribution in [0.25, 0.3) is 0 Å². The molecule has 0 aliphatic carbocycles. The number of hydrogen-bond donors (Lipinski definition) is 1. The number of aromatic nitrogens is 3. The van der Waals surface area contributed by atoms with Crippen LogP contribution in [0.5, 0.6) is 0 Å². The first-order chi connectivity index (χ1) is 10.7. The molecule has 8 nitrogen and oxygen atoms in total. The first-order valence-electron chi connectivity index (χ1n) is 6.98. The van der Waals surface area contributed by atoms with Crippen molar-refractivity contribution in [2.75, 3.05) is 6.54 Å². The zero-order valence-corrected chi connectivity index (χ0v) is 12.8. The first kappa shape index (κ1) is 14.6. The van der Waals surface area contributed by atoms with Gasteiger partial charge >= 0.3 is 0 Å². The van der Waals surface area contributed by atoms with Gasteiger partial charge in [0.15, 0.2) is 10.8 Å². The Morgan fingerprint density at radius 3 is 3.18 bits per heavy atom. The summed E-state index contributed by atoms with van der Waals surface area (Å²) in [5, 5.41) is 8.66. The third-order valence-electron chi connectivity index (χ3n) is 3.47. The molecule has 0 saturated carbocycles. The van der Waals surface area contributed by atoms with Gasteiger partial charge in [0.25, 0.3) is 5.91 Å². The molecule has 2 aromatic rings. The second-order valence-electron chi connectivity index (χ2n) is 4.80. The summed E-state index contributed by atoms with van der Waals surface area (Å²) >= 11 is 1.26. The normalized spacial score (nSPS) is 18.0. The van der Waals surface area contributed by atoms with Gasteiger partial charge in [-0.3, -0.25) is 9.59 Å². The summed E-state index contributed by atoms with van der Waals surface area (Å²) in [6, 6.07) is -0.159. The molecule has 0 aromatic carbocycles. The molecule has 3 heterocycles. The molecule has 1 N–H and O–H groups in total. The number of carbonyl (C=O) groups excluding carboxylic acids is 2. The monoisotopic (exact) mass is 321 g/mol. The van der Waals surface area contributed by atoms with Crippen LogP contribution in [0.1, 0.15) is 47.3 Å². The molecular weight excluding hydrogens is 306 g/mol. The van der Waals surface area contributed by atoms with Crippen molar-refractivity contribution in [2.45, 2.75) is 32.4 Å². The first-order valence-corrected chi connectivity index (χ1v) is 7.86. The summed E-state index contributed by atoms with van der Waals surface area (Å²) in [6.07, 6.45) is 2.75. The zero-order valence-electron chi connectivity index (χ0n) is 12.0. The van der Waals surface area contributed by atoms with Gasteiger partial charge in [0.1, 0.15) is 6.04 Å². The fourth-order valence-electron chi connectivity index (χ4n) is 2.43. The summed E-state index contributed by atoms with van der Waals surface area (Å²) in [5.74, 6) is 0.637. The van der Waals surface area contributed by atoms with Crippen LogP contribution < -0.4 is 5.32 Å². The fourth-order valence-corrected chi connectivity index (χ4v) is 2.98. The molecule has 2 amide bonds. The minimum atomic E-state index is -0.271. The van der Waals surface area contributed by atoms with Gasteiger partial charge in [0.05, 0.1) is 6.54 Å². The minimum absolute atomic E-state index is 0.101. The van der Waals surface area contributed by atoms with Crippen molar-refractivity contribution >= 4 is 23.2 Å². The molecular formula is C13H15N5O3S. The lowest BCUT2D eigenvalue weighted by atomic mass is 10.2. The van der Waals surface area contributed by atoms with E-state index in [0.29, 0.717) is 36.1 Å². The highest BCUT2D eigenvalue weighted by Crippen LogP contribution is 2.31. The third-order valence-corrected chi connectivity index (χ3v) is 4.24. The Morgan fingerprint density at radius 1 is 1.59 bits per heavy atom. The Morgan fingerprint density at radius 2 is 2.45 bits per heavy atom. The van der Waals surface area contributed by atoms with Crippen LogP contribution in [-0.2, 0) is 11.3 Å². The van der Waals surface area contributed by atoms with E-state index >= 15 is 0 Å². The summed E-state index contributed by atoms with van der Waals surface area (Å²) in [7, 11) is 0. The standard InChI is InChI=1S/C13H15N5O3S/c1-2-18-8(3-4-10(18)19)12-16-9(17-21-12)7-15-11(20)13-14-5-6-22-13/h5-6,8H,2-4,7H2,1H3,(H,15,20)/t8-/m0/s1. The Bertz CT molecular complexity index is 669. The van der Waals surface area contributed by atoms with Gasteiger partial charge in [0, 0.05) is 24.5 Å². The number of likely N-dealkylation sites (tertiary alicyclic amines) is 1. The lowest BCUT2D eigenvalue weighted by Crippen LogP contribution is -2.27. The van der Waals surface area contributed by atoms with Crippen LogP contribution in [0.3, 0.4) is 0 Å². The quantitative estimate of drug-likeness (QED) is 0.886. The van der Waals surface area contributed by atoms with Gasteiger partial charge < -0.3 is 14.7 Å². The maximum Gasteiger partial charge on any atom is 0.280 e. The Labute approximate surface area is 130 Å². The highest BCUT2D eigenvalue weighted by Gasteiger charge is 2.34. The molecule has 3 rings (SSSR count). The Hall–Kier alpha value is -2.29. The van der Waals surface area contributed by atoms with Crippen molar-refractivity contribution in [1.82, 2.24) is 25.3 Å². The van der Waals surface area contributed by atoms with E-state index in [1.807, 2.05) is 6.92 Å². The molecule has 0 radical (unpaired) electrons. The molecule has 0 bridgehead atoms. The second kappa shape index (κ2) is 6.22. The van der Waals surface area contributed by atoms with Crippen molar-refractivity contribution in [3.05, 3.63) is 28.3 Å². The van der Waals surface area contributed by atoms with Gasteiger partial charge in [-0.1, -0.05) is 5.16 Å². The van der Waals surface area contributed by atoms with Crippen LogP contribution in [-0.4, -0.2) is 38.4 Å². The van der Waals surface area contributed by atoms with Crippen LogP contribution in [0, 0.1) is 0 Å². The van der Waals surface area contributed by atoms with Crippen LogP contribution in [0.4, 0.5) is 0 Å². The molecule has 2 aromatic heterocycles. The van der Waals surface area contributed by atoms with Crippen molar-refractivity contribution in [2.24, 2.45) is 0 Å². The molecule has 116 valence electrons. The number of thiazole rings is 1. The van der Waals surface area contributed by atoms with Gasteiger partial charge in [0.2, 0.25) is 11.8 Å². The molecule has 1 saturated heterocycles. The molecule has 9 heteroatoms. The molecule has 1 fully saturated rings. The second-order valence-corrected chi connectivity index (χ2v) is 5.70. The highest BCUT2D eigenvalue weighted by molar-refractivity contribution is 7.11. The lowest BCUT2D eigenvalue weighted by molar-refractivity contribution is -0.129. The number of hydrogen-bond acceptors (Lipinski definition) is 7. The summed E-state index contributed by atoms with van der Waals surface area (Å²) in [4.78, 5) is 33.4. The predicted octanol–water partition coefficient (Wildman–Crippen LogP) is 1.14. The van der Waals surface area contributed by atoms with Crippen molar-refractivity contribution in [3.8, 4) is 0 Å². The predicted molar refractivity (Wildman–Crippen MR) is 76.9 cm³/mol. The fraction of sp³-hybridized carbons (Fsp3) is 0.462. The third kappa shape index (κ3) is 2.84. The van der Waals surface area contributed by atoms with E-state index in [1.54, 1.807) is 16.5 Å². The molecule has 1 atom stereocenters. The average Bonchev–Trinajstić information content (AvgIpc) is 3.25. The molecule has 1 aliphatic heterocycles. The van der Waals surface area contributed by atoms with Crippen LogP contribution >= 0.6 is 11.3 Å². The molecule has 22 heavy (non-hydrogen) atoms. The van der Waals surface area contributed by atoms with Gasteiger partial charge in [-0.15, -0.1) is 11.3 Å². The van der Waals surface area contributed by atoms with E-state index in [2.05, 4.69) is 20.4 Å². The number of amides is 2. The SMILES string of the molecule is CCN1C(=O)CC[C@H]1c1nc(CNC(=O)c2nccs2)no1. The summed E-state index contributed by atoms with van der Waals surface area (Å²) in [5.41, 5.74) is 0. The van der Waals surface area contributed by atoms with Crippen molar-refractivity contribution < 1.29 is 14.1 Å². The summed E-state index contributed by atoms with van der Waals surface area (Å²) < 4.78 is 5.23. The summed E-state index contributed by atoms with van der Waals surface area (Å²) in [6.45, 7) is 2.69. The van der Waals surface area contributed by atoms with Gasteiger partial charge in [-0.05, 0) is 13.3 Å².